The second-order valence-electron chi connectivity index (χ2n) is 3.32. The van der Waals surface area contributed by atoms with Crippen molar-refractivity contribution in [3.05, 3.63) is 17.5 Å². The lowest BCUT2D eigenvalue weighted by Gasteiger charge is -2.04. The zero-order chi connectivity index (χ0) is 10.6. The highest BCUT2D eigenvalue weighted by molar-refractivity contribution is 5.12. The minimum atomic E-state index is -0.324. The minimum Gasteiger partial charge on any atom is -0.395 e. The van der Waals surface area contributed by atoms with Gasteiger partial charge < -0.3 is 5.11 Å². The third kappa shape index (κ3) is 2.33. The first kappa shape index (κ1) is 10.7. The Morgan fingerprint density at radius 2 is 2.43 bits per heavy atom. The van der Waals surface area contributed by atoms with Crippen LogP contribution in [0.3, 0.4) is 0 Å². The molecular weight excluding hydrogens is 178 g/mol. The normalized spacial score (nSPS) is 12.4. The number of rotatable bonds is 4. The highest BCUT2D eigenvalue weighted by Crippen LogP contribution is 2.09. The molecule has 0 aromatic carbocycles. The number of aliphatic hydroxyl groups excluding tert-OH is 1. The SMILES string of the molecule is CCc1cc(CC(C#N)CO)n(C)n1. The van der Waals surface area contributed by atoms with Crippen LogP contribution < -0.4 is 0 Å². The molecule has 1 N–H and O–H groups in total. The van der Waals surface area contributed by atoms with Gasteiger partial charge in [0.2, 0.25) is 0 Å². The van der Waals surface area contributed by atoms with Gasteiger partial charge in [-0.2, -0.15) is 10.4 Å². The van der Waals surface area contributed by atoms with E-state index in [1.807, 2.05) is 20.0 Å². The number of aryl methyl sites for hydroxylation is 2. The van der Waals surface area contributed by atoms with Gasteiger partial charge in [0.15, 0.2) is 0 Å². The van der Waals surface area contributed by atoms with E-state index in [-0.39, 0.29) is 12.5 Å². The molecule has 0 saturated carbocycles. The van der Waals surface area contributed by atoms with Crippen LogP contribution in [-0.2, 0) is 19.9 Å². The summed E-state index contributed by atoms with van der Waals surface area (Å²) in [6, 6.07) is 4.05. The molecule has 1 aromatic rings. The van der Waals surface area contributed by atoms with Crippen LogP contribution in [0.4, 0.5) is 0 Å². The molecule has 0 bridgehead atoms. The molecule has 4 heteroatoms. The van der Waals surface area contributed by atoms with Crippen molar-refractivity contribution in [3.8, 4) is 6.07 Å². The highest BCUT2D eigenvalue weighted by atomic mass is 16.3. The molecule has 0 amide bonds. The van der Waals surface area contributed by atoms with Crippen molar-refractivity contribution in [2.75, 3.05) is 6.61 Å². The van der Waals surface area contributed by atoms with Crippen molar-refractivity contribution in [3.63, 3.8) is 0 Å². The molecule has 1 aromatic heterocycles. The van der Waals surface area contributed by atoms with Gasteiger partial charge in [-0.1, -0.05) is 6.92 Å². The van der Waals surface area contributed by atoms with E-state index in [1.54, 1.807) is 4.68 Å². The van der Waals surface area contributed by atoms with E-state index in [0.29, 0.717) is 6.42 Å². The number of aromatic nitrogens is 2. The van der Waals surface area contributed by atoms with E-state index in [2.05, 4.69) is 11.2 Å². The lowest BCUT2D eigenvalue weighted by Crippen LogP contribution is -2.10. The first-order chi connectivity index (χ1) is 6.71. The van der Waals surface area contributed by atoms with Crippen LogP contribution in [0.5, 0.6) is 0 Å². The molecule has 0 radical (unpaired) electrons. The fourth-order valence-corrected chi connectivity index (χ4v) is 1.34. The molecule has 0 fully saturated rings. The quantitative estimate of drug-likeness (QED) is 0.764. The van der Waals surface area contributed by atoms with Gasteiger partial charge in [0.25, 0.3) is 0 Å². The average Bonchev–Trinajstić information content (AvgIpc) is 2.56. The van der Waals surface area contributed by atoms with Gasteiger partial charge >= 0.3 is 0 Å². The van der Waals surface area contributed by atoms with Crippen molar-refractivity contribution < 1.29 is 5.11 Å². The van der Waals surface area contributed by atoms with Crippen LogP contribution in [0.15, 0.2) is 6.07 Å². The second kappa shape index (κ2) is 4.77. The van der Waals surface area contributed by atoms with Crippen molar-refractivity contribution in [2.45, 2.75) is 19.8 Å². The lowest BCUT2D eigenvalue weighted by atomic mass is 10.1. The van der Waals surface area contributed by atoms with Gasteiger partial charge in [0, 0.05) is 19.2 Å². The van der Waals surface area contributed by atoms with E-state index in [9.17, 15) is 0 Å². The number of nitriles is 1. The zero-order valence-corrected chi connectivity index (χ0v) is 8.56. The van der Waals surface area contributed by atoms with E-state index < -0.39 is 0 Å². The summed E-state index contributed by atoms with van der Waals surface area (Å²) in [5.74, 6) is -0.324. The molecule has 1 atom stereocenters. The molecule has 0 aliphatic carbocycles. The molecule has 0 saturated heterocycles. The fraction of sp³-hybridized carbons (Fsp3) is 0.600. The van der Waals surface area contributed by atoms with Crippen molar-refractivity contribution in [1.82, 2.24) is 9.78 Å². The molecule has 0 aliphatic heterocycles. The van der Waals surface area contributed by atoms with Crippen LogP contribution in [0, 0.1) is 17.2 Å². The Bertz CT molecular complexity index is 338. The van der Waals surface area contributed by atoms with Gasteiger partial charge in [-0.15, -0.1) is 0 Å². The first-order valence-electron chi connectivity index (χ1n) is 4.73. The summed E-state index contributed by atoms with van der Waals surface area (Å²) < 4.78 is 1.78. The van der Waals surface area contributed by atoms with Crippen molar-refractivity contribution in [1.29, 1.82) is 5.26 Å². The molecule has 0 aliphatic rings. The van der Waals surface area contributed by atoms with Crippen molar-refractivity contribution in [2.24, 2.45) is 13.0 Å². The molecule has 1 heterocycles. The van der Waals surface area contributed by atoms with Gasteiger partial charge in [0.1, 0.15) is 0 Å². The first-order valence-corrected chi connectivity index (χ1v) is 4.73. The maximum absolute atomic E-state index is 8.89. The van der Waals surface area contributed by atoms with E-state index in [1.165, 1.54) is 0 Å². The summed E-state index contributed by atoms with van der Waals surface area (Å²) in [4.78, 5) is 0. The number of nitrogens with zero attached hydrogens (tertiary/aromatic N) is 3. The maximum atomic E-state index is 8.89. The smallest absolute Gasteiger partial charge is 0.0749 e. The summed E-state index contributed by atoms with van der Waals surface area (Å²) >= 11 is 0. The third-order valence-corrected chi connectivity index (χ3v) is 2.25. The second-order valence-corrected chi connectivity index (χ2v) is 3.32. The van der Waals surface area contributed by atoms with Crippen LogP contribution in [-0.4, -0.2) is 21.5 Å². The summed E-state index contributed by atoms with van der Waals surface area (Å²) in [7, 11) is 1.86. The topological polar surface area (TPSA) is 61.8 Å². The third-order valence-electron chi connectivity index (χ3n) is 2.25. The molecule has 1 rings (SSSR count). The largest absolute Gasteiger partial charge is 0.395 e. The Balaban J connectivity index is 2.76. The number of aliphatic hydroxyl groups is 1. The predicted molar refractivity (Wildman–Crippen MR) is 52.5 cm³/mol. The Kier molecular flexibility index (Phi) is 3.66. The predicted octanol–water partition coefficient (Wildman–Crippen LogP) is 0.657. The van der Waals surface area contributed by atoms with Gasteiger partial charge in [-0.25, -0.2) is 0 Å². The van der Waals surface area contributed by atoms with Crippen molar-refractivity contribution >= 4 is 0 Å². The summed E-state index contributed by atoms with van der Waals surface area (Å²) in [6.07, 6.45) is 1.46. The molecular formula is C10H15N3O. The zero-order valence-electron chi connectivity index (χ0n) is 8.56. The Hall–Kier alpha value is -1.34. The standard InChI is InChI=1S/C10H15N3O/c1-3-9-5-10(13(2)12-9)4-8(6-11)7-14/h5,8,14H,3-4,7H2,1-2H3. The molecule has 1 unspecified atom stereocenters. The lowest BCUT2D eigenvalue weighted by molar-refractivity contribution is 0.254. The summed E-state index contributed by atoms with van der Waals surface area (Å²) in [5.41, 5.74) is 2.03. The highest BCUT2D eigenvalue weighted by Gasteiger charge is 2.11. The fourth-order valence-electron chi connectivity index (χ4n) is 1.34. The number of hydrogen-bond acceptors (Lipinski definition) is 3. The number of hydrogen-bond donors (Lipinski definition) is 1. The van der Waals surface area contributed by atoms with Crippen LogP contribution in [0.25, 0.3) is 0 Å². The Morgan fingerprint density at radius 1 is 1.71 bits per heavy atom. The van der Waals surface area contributed by atoms with E-state index in [0.717, 1.165) is 17.8 Å². The monoisotopic (exact) mass is 193 g/mol. The van der Waals surface area contributed by atoms with Gasteiger partial charge in [-0.3, -0.25) is 4.68 Å². The summed E-state index contributed by atoms with van der Waals surface area (Å²) in [6.45, 7) is 1.95. The molecule has 14 heavy (non-hydrogen) atoms. The minimum absolute atomic E-state index is 0.0941. The average molecular weight is 193 g/mol. The van der Waals surface area contributed by atoms with Gasteiger partial charge in [0.05, 0.1) is 24.3 Å². The molecule has 0 spiro atoms. The molecule has 4 nitrogen and oxygen atoms in total. The van der Waals surface area contributed by atoms with E-state index in [4.69, 9.17) is 10.4 Å². The Labute approximate surface area is 83.8 Å². The summed E-state index contributed by atoms with van der Waals surface area (Å²) in [5, 5.41) is 21.9. The Morgan fingerprint density at radius 3 is 2.86 bits per heavy atom. The van der Waals surface area contributed by atoms with Crippen LogP contribution >= 0.6 is 0 Å². The van der Waals surface area contributed by atoms with Crippen LogP contribution in [0.1, 0.15) is 18.3 Å². The maximum Gasteiger partial charge on any atom is 0.0749 e. The van der Waals surface area contributed by atoms with E-state index >= 15 is 0 Å². The van der Waals surface area contributed by atoms with Crippen LogP contribution in [0.2, 0.25) is 0 Å². The molecule has 76 valence electrons. The van der Waals surface area contributed by atoms with Gasteiger partial charge in [-0.05, 0) is 12.5 Å².